The van der Waals surface area contributed by atoms with E-state index in [0.29, 0.717) is 11.3 Å². The van der Waals surface area contributed by atoms with Crippen LogP contribution in [-0.4, -0.2) is 36.9 Å². The van der Waals surface area contributed by atoms with E-state index >= 15 is 0 Å². The van der Waals surface area contributed by atoms with Crippen LogP contribution in [0.3, 0.4) is 0 Å². The fourth-order valence-electron chi connectivity index (χ4n) is 1.60. The van der Waals surface area contributed by atoms with E-state index in [1.165, 1.54) is 14.0 Å². The smallest absolute Gasteiger partial charge is 0.326 e. The number of nitrogens with one attached hydrogen (secondary N) is 1. The Bertz CT molecular complexity index is 446. The van der Waals surface area contributed by atoms with Crippen molar-refractivity contribution in [3.05, 3.63) is 29.8 Å². The number of carbonyl (C=O) groups is 2. The summed E-state index contributed by atoms with van der Waals surface area (Å²) in [7, 11) is 1.50. The number of hydrogen-bond donors (Lipinski definition) is 2. The zero-order valence-electron chi connectivity index (χ0n) is 10.9. The minimum atomic E-state index is -1.09. The molecule has 0 aliphatic rings. The van der Waals surface area contributed by atoms with Crippen molar-refractivity contribution in [3.63, 3.8) is 0 Å². The number of carbonyl (C=O) groups excluding carboxylic acids is 1. The number of carboxylic acid groups (broad SMARTS) is 1. The molecule has 19 heavy (non-hydrogen) atoms. The summed E-state index contributed by atoms with van der Waals surface area (Å²) in [4.78, 5) is 22.1. The van der Waals surface area contributed by atoms with Gasteiger partial charge in [-0.2, -0.15) is 0 Å². The van der Waals surface area contributed by atoms with Crippen LogP contribution in [0.15, 0.2) is 24.3 Å². The molecule has 1 rings (SSSR count). The molecule has 1 aromatic rings. The molecule has 1 aromatic carbocycles. The van der Waals surface area contributed by atoms with Crippen LogP contribution in [0.1, 0.15) is 12.5 Å². The predicted octanol–water partition coefficient (Wildman–Crippen LogP) is 0.801. The second-order valence-corrected chi connectivity index (χ2v) is 3.95. The van der Waals surface area contributed by atoms with Gasteiger partial charge in [-0.05, 0) is 11.6 Å². The van der Waals surface area contributed by atoms with Crippen LogP contribution in [-0.2, 0) is 20.7 Å². The third-order valence-corrected chi connectivity index (χ3v) is 2.40. The van der Waals surface area contributed by atoms with Gasteiger partial charge >= 0.3 is 5.97 Å². The van der Waals surface area contributed by atoms with Crippen molar-refractivity contribution in [1.82, 2.24) is 5.32 Å². The fourth-order valence-corrected chi connectivity index (χ4v) is 1.60. The number of benzene rings is 1. The maximum absolute atomic E-state index is 11.1. The Kier molecular flexibility index (Phi) is 5.81. The molecule has 1 atom stereocenters. The first-order valence-electron chi connectivity index (χ1n) is 5.74. The summed E-state index contributed by atoms with van der Waals surface area (Å²) >= 11 is 0. The molecule has 0 aliphatic carbocycles. The molecule has 0 fully saturated rings. The average Bonchev–Trinajstić information content (AvgIpc) is 2.36. The average molecular weight is 267 g/mol. The second kappa shape index (κ2) is 7.38. The van der Waals surface area contributed by atoms with Crippen LogP contribution < -0.4 is 10.1 Å². The van der Waals surface area contributed by atoms with E-state index < -0.39 is 12.0 Å². The number of para-hydroxylation sites is 1. The number of hydrogen-bond acceptors (Lipinski definition) is 4. The number of carboxylic acids is 1. The zero-order chi connectivity index (χ0) is 14.3. The molecule has 0 bridgehead atoms. The van der Waals surface area contributed by atoms with Crippen LogP contribution in [0.5, 0.6) is 5.75 Å². The Balaban J connectivity index is 2.83. The Hall–Kier alpha value is -2.08. The van der Waals surface area contributed by atoms with Crippen LogP contribution in [0, 0.1) is 0 Å². The molecular weight excluding hydrogens is 250 g/mol. The molecule has 0 aliphatic heterocycles. The van der Waals surface area contributed by atoms with E-state index in [2.05, 4.69) is 5.32 Å². The van der Waals surface area contributed by atoms with Crippen LogP contribution >= 0.6 is 0 Å². The number of aliphatic carboxylic acids is 1. The van der Waals surface area contributed by atoms with Gasteiger partial charge in [0.05, 0.1) is 0 Å². The van der Waals surface area contributed by atoms with Crippen molar-refractivity contribution in [2.75, 3.05) is 13.9 Å². The first-order valence-corrected chi connectivity index (χ1v) is 5.74. The lowest BCUT2D eigenvalue weighted by molar-refractivity contribution is -0.141. The molecule has 2 N–H and O–H groups in total. The van der Waals surface area contributed by atoms with Crippen molar-refractivity contribution in [3.8, 4) is 5.75 Å². The minimum Gasteiger partial charge on any atom is -0.480 e. The van der Waals surface area contributed by atoms with E-state index in [1.54, 1.807) is 24.3 Å². The highest BCUT2D eigenvalue weighted by Crippen LogP contribution is 2.19. The Labute approximate surface area is 111 Å². The van der Waals surface area contributed by atoms with E-state index in [-0.39, 0.29) is 19.1 Å². The number of amides is 1. The number of ether oxygens (including phenoxy) is 2. The van der Waals surface area contributed by atoms with Gasteiger partial charge in [-0.1, -0.05) is 18.2 Å². The van der Waals surface area contributed by atoms with Gasteiger partial charge in [0, 0.05) is 20.5 Å². The Morgan fingerprint density at radius 2 is 2.05 bits per heavy atom. The number of methoxy groups -OCH3 is 1. The lowest BCUT2D eigenvalue weighted by atomic mass is 10.0. The molecule has 0 saturated carbocycles. The SMILES string of the molecule is COCOc1ccccc1CC(NC(C)=O)C(=O)O. The highest BCUT2D eigenvalue weighted by molar-refractivity contribution is 5.82. The Morgan fingerprint density at radius 3 is 2.63 bits per heavy atom. The maximum atomic E-state index is 11.1. The monoisotopic (exact) mass is 267 g/mol. The Morgan fingerprint density at radius 1 is 1.37 bits per heavy atom. The highest BCUT2D eigenvalue weighted by atomic mass is 16.7. The molecule has 0 saturated heterocycles. The van der Waals surface area contributed by atoms with Gasteiger partial charge in [0.15, 0.2) is 6.79 Å². The van der Waals surface area contributed by atoms with Crippen molar-refractivity contribution < 1.29 is 24.2 Å². The van der Waals surface area contributed by atoms with E-state index in [4.69, 9.17) is 14.6 Å². The third kappa shape index (κ3) is 4.97. The van der Waals surface area contributed by atoms with Gasteiger partial charge in [0.1, 0.15) is 11.8 Å². The molecule has 0 spiro atoms. The van der Waals surface area contributed by atoms with Gasteiger partial charge in [-0.15, -0.1) is 0 Å². The highest BCUT2D eigenvalue weighted by Gasteiger charge is 2.20. The lowest BCUT2D eigenvalue weighted by Gasteiger charge is -2.16. The lowest BCUT2D eigenvalue weighted by Crippen LogP contribution is -2.41. The molecule has 0 heterocycles. The number of rotatable bonds is 7. The molecule has 0 radical (unpaired) electrons. The molecule has 0 aromatic heterocycles. The third-order valence-electron chi connectivity index (χ3n) is 2.40. The van der Waals surface area contributed by atoms with E-state index in [9.17, 15) is 9.59 Å². The molecule has 104 valence electrons. The normalized spacial score (nSPS) is 11.7. The largest absolute Gasteiger partial charge is 0.480 e. The fraction of sp³-hybridized carbons (Fsp3) is 0.385. The summed E-state index contributed by atoms with van der Waals surface area (Å²) < 4.78 is 10.2. The van der Waals surface area contributed by atoms with Gasteiger partial charge in [0.2, 0.25) is 5.91 Å². The summed E-state index contributed by atoms with van der Waals surface area (Å²) in [5.74, 6) is -0.930. The first kappa shape index (κ1) is 15.0. The summed E-state index contributed by atoms with van der Waals surface area (Å²) in [6.07, 6.45) is 0.148. The topological polar surface area (TPSA) is 84.9 Å². The molecule has 1 unspecified atom stereocenters. The van der Waals surface area contributed by atoms with E-state index in [0.717, 1.165) is 0 Å². The minimum absolute atomic E-state index is 0.0783. The van der Waals surface area contributed by atoms with Crippen LogP contribution in [0.25, 0.3) is 0 Å². The van der Waals surface area contributed by atoms with Gasteiger partial charge in [0.25, 0.3) is 0 Å². The molecule has 6 nitrogen and oxygen atoms in total. The van der Waals surface area contributed by atoms with Gasteiger partial charge < -0.3 is 19.9 Å². The molecule has 6 heteroatoms. The summed E-state index contributed by atoms with van der Waals surface area (Å²) in [5, 5.41) is 11.5. The van der Waals surface area contributed by atoms with Gasteiger partial charge in [-0.3, -0.25) is 4.79 Å². The van der Waals surface area contributed by atoms with Crippen LogP contribution in [0.2, 0.25) is 0 Å². The summed E-state index contributed by atoms with van der Waals surface area (Å²) in [5.41, 5.74) is 0.695. The maximum Gasteiger partial charge on any atom is 0.326 e. The second-order valence-electron chi connectivity index (χ2n) is 3.95. The van der Waals surface area contributed by atoms with Crippen molar-refractivity contribution in [2.45, 2.75) is 19.4 Å². The summed E-state index contributed by atoms with van der Waals surface area (Å²) in [6, 6.07) is 6.05. The van der Waals surface area contributed by atoms with Crippen molar-refractivity contribution in [1.29, 1.82) is 0 Å². The molecular formula is C13H17NO5. The standard InChI is InChI=1S/C13H17NO5/c1-9(15)14-11(13(16)17)7-10-5-3-4-6-12(10)19-8-18-2/h3-6,11H,7-8H2,1-2H3,(H,14,15)(H,16,17). The first-order chi connectivity index (χ1) is 9.04. The van der Waals surface area contributed by atoms with Crippen molar-refractivity contribution >= 4 is 11.9 Å². The zero-order valence-corrected chi connectivity index (χ0v) is 10.9. The predicted molar refractivity (Wildman–Crippen MR) is 67.9 cm³/mol. The summed E-state index contributed by atoms with van der Waals surface area (Å²) in [6.45, 7) is 1.36. The van der Waals surface area contributed by atoms with Crippen LogP contribution in [0.4, 0.5) is 0 Å². The quantitative estimate of drug-likeness (QED) is 0.714. The van der Waals surface area contributed by atoms with Crippen molar-refractivity contribution in [2.24, 2.45) is 0 Å². The van der Waals surface area contributed by atoms with E-state index in [1.807, 2.05) is 0 Å². The van der Waals surface area contributed by atoms with Gasteiger partial charge in [-0.25, -0.2) is 4.79 Å². The molecule has 1 amide bonds.